The maximum absolute atomic E-state index is 5.68. The van der Waals surface area contributed by atoms with Gasteiger partial charge in [-0.3, -0.25) is 0 Å². The minimum absolute atomic E-state index is 0.498. The molecule has 3 rings (SSSR count). The SMILES string of the molecule is Brc1ccccc1Oc1nc2ccccc2[nH]1. The van der Waals surface area contributed by atoms with Gasteiger partial charge in [0.05, 0.1) is 15.5 Å². The van der Waals surface area contributed by atoms with Crippen LogP contribution in [0.15, 0.2) is 53.0 Å². The Labute approximate surface area is 107 Å². The van der Waals surface area contributed by atoms with Crippen LogP contribution in [0.3, 0.4) is 0 Å². The van der Waals surface area contributed by atoms with Gasteiger partial charge in [0.1, 0.15) is 5.75 Å². The maximum atomic E-state index is 5.68. The van der Waals surface area contributed by atoms with Gasteiger partial charge in [0.25, 0.3) is 6.01 Å². The van der Waals surface area contributed by atoms with Crippen molar-refractivity contribution in [2.45, 2.75) is 0 Å². The third-order valence-electron chi connectivity index (χ3n) is 2.41. The van der Waals surface area contributed by atoms with Crippen molar-refractivity contribution in [3.8, 4) is 11.8 Å². The van der Waals surface area contributed by atoms with Crippen molar-refractivity contribution in [1.82, 2.24) is 9.97 Å². The molecule has 1 N–H and O–H groups in total. The van der Waals surface area contributed by atoms with E-state index in [1.807, 2.05) is 48.5 Å². The van der Waals surface area contributed by atoms with Crippen LogP contribution in [0.1, 0.15) is 0 Å². The molecule has 0 aliphatic carbocycles. The molecule has 3 nitrogen and oxygen atoms in total. The van der Waals surface area contributed by atoms with E-state index in [2.05, 4.69) is 25.9 Å². The van der Waals surface area contributed by atoms with Gasteiger partial charge in [-0.15, -0.1) is 0 Å². The minimum Gasteiger partial charge on any atom is -0.424 e. The van der Waals surface area contributed by atoms with E-state index in [4.69, 9.17) is 4.74 Å². The summed E-state index contributed by atoms with van der Waals surface area (Å²) in [6, 6.07) is 16.0. The number of rotatable bonds is 2. The lowest BCUT2D eigenvalue weighted by Gasteiger charge is -2.02. The van der Waals surface area contributed by atoms with Gasteiger partial charge in [-0.1, -0.05) is 24.3 Å². The zero-order valence-electron chi connectivity index (χ0n) is 8.85. The van der Waals surface area contributed by atoms with Crippen LogP contribution in [0, 0.1) is 0 Å². The fraction of sp³-hybridized carbons (Fsp3) is 0. The van der Waals surface area contributed by atoms with Gasteiger partial charge in [-0.2, -0.15) is 4.98 Å². The first-order chi connectivity index (χ1) is 8.33. The Bertz CT molecular complexity index is 630. The lowest BCUT2D eigenvalue weighted by molar-refractivity contribution is 0.446. The Kier molecular flexibility index (Phi) is 2.57. The molecule has 0 saturated carbocycles. The number of hydrogen-bond acceptors (Lipinski definition) is 2. The molecule has 2 aromatic carbocycles. The number of hydrogen-bond donors (Lipinski definition) is 1. The number of nitrogens with zero attached hydrogens (tertiary/aromatic N) is 1. The first-order valence-electron chi connectivity index (χ1n) is 5.20. The number of imidazole rings is 1. The highest BCUT2D eigenvalue weighted by Gasteiger charge is 2.06. The third kappa shape index (κ3) is 2.03. The van der Waals surface area contributed by atoms with Crippen molar-refractivity contribution in [2.24, 2.45) is 0 Å². The molecule has 0 aliphatic rings. The minimum atomic E-state index is 0.498. The summed E-state index contributed by atoms with van der Waals surface area (Å²) in [5.41, 5.74) is 1.86. The Balaban J connectivity index is 1.98. The van der Waals surface area contributed by atoms with Gasteiger partial charge in [0.15, 0.2) is 0 Å². The van der Waals surface area contributed by atoms with Gasteiger partial charge in [0.2, 0.25) is 0 Å². The second-order valence-electron chi connectivity index (χ2n) is 3.59. The van der Waals surface area contributed by atoms with E-state index in [1.54, 1.807) is 0 Å². The third-order valence-corrected chi connectivity index (χ3v) is 3.07. The number of nitrogens with one attached hydrogen (secondary N) is 1. The molecule has 84 valence electrons. The summed E-state index contributed by atoms with van der Waals surface area (Å²) in [6.07, 6.45) is 0. The van der Waals surface area contributed by atoms with Gasteiger partial charge < -0.3 is 9.72 Å². The Morgan fingerprint density at radius 1 is 1.00 bits per heavy atom. The smallest absolute Gasteiger partial charge is 0.300 e. The monoisotopic (exact) mass is 288 g/mol. The van der Waals surface area contributed by atoms with Crippen molar-refractivity contribution < 1.29 is 4.74 Å². The molecule has 0 radical (unpaired) electrons. The summed E-state index contributed by atoms with van der Waals surface area (Å²) in [5.74, 6) is 0.742. The molecule has 0 fully saturated rings. The molecular formula is C13H9BrN2O. The number of ether oxygens (including phenoxy) is 1. The quantitative estimate of drug-likeness (QED) is 0.770. The van der Waals surface area contributed by atoms with Crippen LogP contribution in [-0.2, 0) is 0 Å². The number of halogens is 1. The van der Waals surface area contributed by atoms with Gasteiger partial charge >= 0.3 is 0 Å². The number of fused-ring (bicyclic) bond motifs is 1. The Morgan fingerprint density at radius 3 is 2.59 bits per heavy atom. The second-order valence-corrected chi connectivity index (χ2v) is 4.45. The summed E-state index contributed by atoms with van der Waals surface area (Å²) in [6.45, 7) is 0. The van der Waals surface area contributed by atoms with Crippen LogP contribution in [0.25, 0.3) is 11.0 Å². The van der Waals surface area contributed by atoms with Crippen molar-refractivity contribution in [2.75, 3.05) is 0 Å². The van der Waals surface area contributed by atoms with Crippen molar-refractivity contribution in [3.63, 3.8) is 0 Å². The van der Waals surface area contributed by atoms with Crippen molar-refractivity contribution >= 4 is 27.0 Å². The van der Waals surface area contributed by atoms with E-state index < -0.39 is 0 Å². The fourth-order valence-corrected chi connectivity index (χ4v) is 1.98. The zero-order valence-corrected chi connectivity index (χ0v) is 10.4. The molecule has 0 spiro atoms. The summed E-state index contributed by atoms with van der Waals surface area (Å²) in [7, 11) is 0. The van der Waals surface area contributed by atoms with Gasteiger partial charge in [-0.05, 0) is 40.2 Å². The van der Waals surface area contributed by atoms with Crippen LogP contribution >= 0.6 is 15.9 Å². The lowest BCUT2D eigenvalue weighted by atomic mass is 10.3. The lowest BCUT2D eigenvalue weighted by Crippen LogP contribution is -1.86. The van der Waals surface area contributed by atoms with E-state index in [0.717, 1.165) is 21.3 Å². The van der Waals surface area contributed by atoms with Crippen LogP contribution in [-0.4, -0.2) is 9.97 Å². The number of para-hydroxylation sites is 3. The fourth-order valence-electron chi connectivity index (χ4n) is 1.61. The first kappa shape index (κ1) is 10.4. The highest BCUT2D eigenvalue weighted by atomic mass is 79.9. The molecule has 0 saturated heterocycles. The Morgan fingerprint density at radius 2 is 1.76 bits per heavy atom. The molecule has 17 heavy (non-hydrogen) atoms. The van der Waals surface area contributed by atoms with Crippen LogP contribution in [0.5, 0.6) is 11.8 Å². The van der Waals surface area contributed by atoms with Gasteiger partial charge in [-0.25, -0.2) is 0 Å². The zero-order chi connectivity index (χ0) is 11.7. The predicted molar refractivity (Wildman–Crippen MR) is 70.3 cm³/mol. The average molecular weight is 289 g/mol. The number of benzene rings is 2. The molecule has 0 amide bonds. The van der Waals surface area contributed by atoms with E-state index in [0.29, 0.717) is 6.01 Å². The average Bonchev–Trinajstić information content (AvgIpc) is 2.74. The molecular weight excluding hydrogens is 280 g/mol. The van der Waals surface area contributed by atoms with Crippen LogP contribution < -0.4 is 4.74 Å². The first-order valence-corrected chi connectivity index (χ1v) is 5.99. The molecule has 0 bridgehead atoms. The van der Waals surface area contributed by atoms with Crippen molar-refractivity contribution in [1.29, 1.82) is 0 Å². The Hall–Kier alpha value is -1.81. The van der Waals surface area contributed by atoms with E-state index >= 15 is 0 Å². The van der Waals surface area contributed by atoms with Crippen molar-refractivity contribution in [3.05, 3.63) is 53.0 Å². The molecule has 0 unspecified atom stereocenters. The van der Waals surface area contributed by atoms with Gasteiger partial charge in [0, 0.05) is 0 Å². The predicted octanol–water partition coefficient (Wildman–Crippen LogP) is 4.12. The molecule has 3 aromatic rings. The maximum Gasteiger partial charge on any atom is 0.300 e. The summed E-state index contributed by atoms with van der Waals surface area (Å²) in [5, 5.41) is 0. The summed E-state index contributed by atoms with van der Waals surface area (Å²) >= 11 is 3.43. The summed E-state index contributed by atoms with van der Waals surface area (Å²) < 4.78 is 6.58. The number of aromatic amines is 1. The number of H-pyrrole nitrogens is 1. The molecule has 1 heterocycles. The van der Waals surface area contributed by atoms with E-state index in [1.165, 1.54) is 0 Å². The highest BCUT2D eigenvalue weighted by Crippen LogP contribution is 2.28. The standard InChI is InChI=1S/C13H9BrN2O/c14-9-5-1-4-8-12(9)17-13-15-10-6-2-3-7-11(10)16-13/h1-8H,(H,15,16). The second kappa shape index (κ2) is 4.22. The molecule has 0 aliphatic heterocycles. The van der Waals surface area contributed by atoms with E-state index in [-0.39, 0.29) is 0 Å². The van der Waals surface area contributed by atoms with E-state index in [9.17, 15) is 0 Å². The van der Waals surface area contributed by atoms with Crippen LogP contribution in [0.2, 0.25) is 0 Å². The summed E-state index contributed by atoms with van der Waals surface area (Å²) in [4.78, 5) is 7.47. The topological polar surface area (TPSA) is 37.9 Å². The van der Waals surface area contributed by atoms with Crippen LogP contribution in [0.4, 0.5) is 0 Å². The largest absolute Gasteiger partial charge is 0.424 e. The molecule has 1 aromatic heterocycles. The molecule has 4 heteroatoms. The normalized spacial score (nSPS) is 10.6. The highest BCUT2D eigenvalue weighted by molar-refractivity contribution is 9.10. The number of aromatic nitrogens is 2. The molecule has 0 atom stereocenters.